The lowest BCUT2D eigenvalue weighted by molar-refractivity contribution is 0.962. The van der Waals surface area contributed by atoms with Crippen LogP contribution in [-0.4, -0.2) is 16.1 Å². The maximum atomic E-state index is 2.65. The van der Waals surface area contributed by atoms with E-state index < -0.39 is 16.1 Å². The van der Waals surface area contributed by atoms with Crippen molar-refractivity contribution in [2.75, 3.05) is 9.80 Å². The molecule has 8 aromatic carbocycles. The summed E-state index contributed by atoms with van der Waals surface area (Å²) >= 11 is 0. The first kappa shape index (κ1) is 40.7. The third-order valence-corrected chi connectivity index (χ3v) is 24.2. The second-order valence-electron chi connectivity index (χ2n) is 19.8. The highest BCUT2D eigenvalue weighted by molar-refractivity contribution is 7.00. The van der Waals surface area contributed by atoms with Gasteiger partial charge in [0.1, 0.15) is 0 Å². The molecule has 0 aliphatic heterocycles. The van der Waals surface area contributed by atoms with E-state index in [0.29, 0.717) is 0 Å². The molecule has 2 nitrogen and oxygen atoms in total. The SMILES string of the molecule is Cc1cc(N(c2ccccc2)c2ccc3c(c2)C([Si](C)(C)C)([Si](C)(C)C)c2c-3c3ccccc3c3cc(N(c4ccccc4)c4cc(C)c(C)c(C)c4)ccc23)cc(C)c1C. The van der Waals surface area contributed by atoms with Gasteiger partial charge in [0.15, 0.2) is 0 Å². The maximum absolute atomic E-state index is 2.65. The minimum atomic E-state index is -2.08. The summed E-state index contributed by atoms with van der Waals surface area (Å²) in [6.45, 7) is 29.3. The summed E-state index contributed by atoms with van der Waals surface area (Å²) in [5, 5.41) is 5.40. The largest absolute Gasteiger partial charge is 0.310 e. The molecule has 0 amide bonds. The Morgan fingerprint density at radius 2 is 0.787 bits per heavy atom. The van der Waals surface area contributed by atoms with E-state index in [1.54, 1.807) is 5.56 Å². The third-order valence-electron chi connectivity index (χ3n) is 14.2. The standard InChI is InChI=1S/C57H60N2Si2/c1-37-31-47(32-38(2)41(37)5)58(43-21-15-13-16-22-43)45-27-29-51-53(35-45)49-25-19-20-26-50(49)55-52-30-28-46(36-54(52)57(56(51)55,60(7,8)9)61(10,11)12)59(44-23-17-14-18-24-44)48-33-39(3)42(6)40(4)34-48/h13-36H,1-12H3. The van der Waals surface area contributed by atoms with Crippen molar-refractivity contribution in [3.8, 4) is 11.1 Å². The number of hydrogen-bond donors (Lipinski definition) is 0. The second-order valence-corrected chi connectivity index (χ2v) is 30.8. The van der Waals surface area contributed by atoms with Crippen LogP contribution in [0.25, 0.3) is 32.7 Å². The highest BCUT2D eigenvalue weighted by Gasteiger charge is 2.60. The Morgan fingerprint density at radius 3 is 1.26 bits per heavy atom. The summed E-state index contributed by atoms with van der Waals surface area (Å²) in [6.07, 6.45) is 0. The number of benzene rings is 8. The normalized spacial score (nSPS) is 13.4. The predicted octanol–water partition coefficient (Wildman–Crippen LogP) is 16.8. The average Bonchev–Trinajstić information content (AvgIpc) is 3.56. The number of fused-ring (bicyclic) bond motifs is 8. The lowest BCUT2D eigenvalue weighted by atomic mass is 9.91. The Balaban J connectivity index is 1.36. The molecular weight excluding hydrogens is 769 g/mol. The van der Waals surface area contributed by atoms with Crippen molar-refractivity contribution < 1.29 is 0 Å². The molecule has 0 saturated heterocycles. The Hall–Kier alpha value is -5.69. The van der Waals surface area contributed by atoms with Crippen molar-refractivity contribution in [2.45, 2.75) is 85.5 Å². The molecule has 1 aliphatic rings. The molecule has 0 fully saturated rings. The number of nitrogens with zero attached hydrogens (tertiary/aromatic N) is 2. The van der Waals surface area contributed by atoms with Gasteiger partial charge in [0.2, 0.25) is 0 Å². The van der Waals surface area contributed by atoms with E-state index in [9.17, 15) is 0 Å². The van der Waals surface area contributed by atoms with Gasteiger partial charge in [-0.15, -0.1) is 0 Å². The van der Waals surface area contributed by atoms with Crippen LogP contribution in [0, 0.1) is 41.5 Å². The molecular formula is C57H60N2Si2. The molecule has 61 heavy (non-hydrogen) atoms. The van der Waals surface area contributed by atoms with Crippen LogP contribution in [-0.2, 0) is 4.66 Å². The van der Waals surface area contributed by atoms with E-state index in [-0.39, 0.29) is 4.66 Å². The van der Waals surface area contributed by atoms with Gasteiger partial charge in [-0.1, -0.05) is 112 Å². The van der Waals surface area contributed by atoms with E-state index in [1.165, 1.54) is 100 Å². The molecule has 1 aliphatic carbocycles. The van der Waals surface area contributed by atoms with E-state index in [2.05, 4.69) is 236 Å². The number of hydrogen-bond acceptors (Lipinski definition) is 2. The van der Waals surface area contributed by atoms with Gasteiger partial charge < -0.3 is 9.80 Å². The summed E-state index contributed by atoms with van der Waals surface area (Å²) in [4.78, 5) is 4.95. The Kier molecular flexibility index (Phi) is 9.84. The molecule has 9 rings (SSSR count). The van der Waals surface area contributed by atoms with Crippen molar-refractivity contribution >= 4 is 71.8 Å². The van der Waals surface area contributed by atoms with Crippen molar-refractivity contribution in [1.29, 1.82) is 0 Å². The highest BCUT2D eigenvalue weighted by atomic mass is 28.4. The van der Waals surface area contributed by atoms with Crippen LogP contribution in [0.3, 0.4) is 0 Å². The monoisotopic (exact) mass is 828 g/mol. The summed E-state index contributed by atoms with van der Waals surface area (Å²) in [5.74, 6) is 0. The number of anilines is 6. The first-order valence-corrected chi connectivity index (χ1v) is 29.0. The zero-order valence-corrected chi connectivity index (χ0v) is 40.3. The van der Waals surface area contributed by atoms with Crippen molar-refractivity contribution in [2.24, 2.45) is 0 Å². The molecule has 0 bridgehead atoms. The van der Waals surface area contributed by atoms with Gasteiger partial charge in [-0.05, 0) is 192 Å². The van der Waals surface area contributed by atoms with Gasteiger partial charge in [-0.3, -0.25) is 0 Å². The number of para-hydroxylation sites is 2. The zero-order chi connectivity index (χ0) is 43.2. The summed E-state index contributed by atoms with van der Waals surface area (Å²) in [7, 11) is -4.17. The Bertz CT molecular complexity index is 2950. The average molecular weight is 829 g/mol. The van der Waals surface area contributed by atoms with Crippen LogP contribution < -0.4 is 9.80 Å². The molecule has 0 radical (unpaired) electrons. The van der Waals surface area contributed by atoms with Crippen LogP contribution in [0.5, 0.6) is 0 Å². The molecule has 0 spiro atoms. The van der Waals surface area contributed by atoms with Crippen molar-refractivity contribution in [3.63, 3.8) is 0 Å². The smallest absolute Gasteiger partial charge is 0.0579 e. The van der Waals surface area contributed by atoms with Gasteiger partial charge in [-0.2, -0.15) is 0 Å². The van der Waals surface area contributed by atoms with Gasteiger partial charge in [-0.25, -0.2) is 0 Å². The van der Waals surface area contributed by atoms with Gasteiger partial charge in [0.05, 0.1) is 16.1 Å². The lowest BCUT2D eigenvalue weighted by Gasteiger charge is -2.52. The fourth-order valence-corrected chi connectivity index (χ4v) is 24.4. The van der Waals surface area contributed by atoms with Gasteiger partial charge in [0.25, 0.3) is 0 Å². The number of rotatable bonds is 8. The second kappa shape index (κ2) is 14.7. The maximum Gasteiger partial charge on any atom is 0.0579 e. The summed E-state index contributed by atoms with van der Waals surface area (Å²) < 4.78 is -0.0871. The van der Waals surface area contributed by atoms with Crippen LogP contribution in [0.15, 0.2) is 146 Å². The van der Waals surface area contributed by atoms with Crippen LogP contribution in [0.4, 0.5) is 34.1 Å². The zero-order valence-electron chi connectivity index (χ0n) is 38.3. The van der Waals surface area contributed by atoms with Gasteiger partial charge >= 0.3 is 0 Å². The molecule has 8 aromatic rings. The molecule has 0 heterocycles. The summed E-state index contributed by atoms with van der Waals surface area (Å²) in [6, 6.07) is 55.5. The summed E-state index contributed by atoms with van der Waals surface area (Å²) in [5.41, 5.74) is 21.1. The van der Waals surface area contributed by atoms with Crippen LogP contribution >= 0.6 is 0 Å². The lowest BCUT2D eigenvalue weighted by Crippen LogP contribution is -2.63. The van der Waals surface area contributed by atoms with Crippen molar-refractivity contribution in [3.05, 3.63) is 190 Å². The minimum Gasteiger partial charge on any atom is -0.310 e. The molecule has 0 unspecified atom stereocenters. The molecule has 0 N–H and O–H groups in total. The molecule has 0 atom stereocenters. The molecule has 0 saturated carbocycles. The Labute approximate surface area is 366 Å². The predicted molar refractivity (Wildman–Crippen MR) is 272 cm³/mol. The number of aryl methyl sites for hydroxylation is 4. The van der Waals surface area contributed by atoms with Crippen LogP contribution in [0.2, 0.25) is 39.3 Å². The van der Waals surface area contributed by atoms with E-state index >= 15 is 0 Å². The molecule has 306 valence electrons. The first-order chi connectivity index (χ1) is 29.0. The Morgan fingerprint density at radius 1 is 0.361 bits per heavy atom. The first-order valence-electron chi connectivity index (χ1n) is 22.0. The topological polar surface area (TPSA) is 6.48 Å². The molecule has 4 heteroatoms. The third kappa shape index (κ3) is 6.32. The minimum absolute atomic E-state index is 0.0871. The van der Waals surface area contributed by atoms with E-state index in [0.717, 1.165) is 5.69 Å². The molecule has 0 aromatic heterocycles. The highest BCUT2D eigenvalue weighted by Crippen LogP contribution is 2.62. The van der Waals surface area contributed by atoms with Crippen molar-refractivity contribution in [1.82, 2.24) is 0 Å². The fourth-order valence-electron chi connectivity index (χ4n) is 11.3. The van der Waals surface area contributed by atoms with Crippen LogP contribution in [0.1, 0.15) is 44.5 Å². The quantitative estimate of drug-likeness (QED) is 0.111. The van der Waals surface area contributed by atoms with E-state index in [4.69, 9.17) is 0 Å². The van der Waals surface area contributed by atoms with Gasteiger partial charge in [0, 0.05) is 38.8 Å². The fraction of sp³-hybridized carbons (Fsp3) is 0.228. The van der Waals surface area contributed by atoms with E-state index in [1.807, 2.05) is 0 Å².